The van der Waals surface area contributed by atoms with Crippen LogP contribution in [0.3, 0.4) is 0 Å². The topological polar surface area (TPSA) is 12.0 Å². The lowest BCUT2D eigenvalue weighted by atomic mass is 9.92. The zero-order valence-electron chi connectivity index (χ0n) is 10.8. The summed E-state index contributed by atoms with van der Waals surface area (Å²) in [6.45, 7) is 5.60. The second kappa shape index (κ2) is 5.88. The van der Waals surface area contributed by atoms with Crippen LogP contribution in [0.5, 0.6) is 0 Å². The maximum Gasteiger partial charge on any atom is 0.0444 e. The van der Waals surface area contributed by atoms with Crippen LogP contribution in [-0.2, 0) is 0 Å². The van der Waals surface area contributed by atoms with Gasteiger partial charge in [0, 0.05) is 11.1 Å². The van der Waals surface area contributed by atoms with Crippen LogP contribution < -0.4 is 5.32 Å². The van der Waals surface area contributed by atoms with E-state index in [1.807, 2.05) is 0 Å². The van der Waals surface area contributed by atoms with Crippen LogP contribution >= 0.6 is 11.6 Å². The molecule has 1 fully saturated rings. The van der Waals surface area contributed by atoms with Gasteiger partial charge in [0.15, 0.2) is 0 Å². The van der Waals surface area contributed by atoms with Crippen molar-refractivity contribution in [2.45, 2.75) is 51.5 Å². The first-order valence-corrected chi connectivity index (χ1v) is 7.16. The molecule has 2 rings (SSSR count). The predicted molar refractivity (Wildman–Crippen MR) is 74.8 cm³/mol. The van der Waals surface area contributed by atoms with Crippen molar-refractivity contribution in [2.75, 3.05) is 6.54 Å². The summed E-state index contributed by atoms with van der Waals surface area (Å²) < 4.78 is 0. The van der Waals surface area contributed by atoms with E-state index < -0.39 is 0 Å². The summed E-state index contributed by atoms with van der Waals surface area (Å²) in [5.41, 5.74) is 2.67. The minimum Gasteiger partial charge on any atom is -0.310 e. The molecule has 1 atom stereocenters. The number of halogens is 1. The molecule has 1 unspecified atom stereocenters. The molecular weight excluding hydrogens is 230 g/mol. The second-order valence-electron chi connectivity index (χ2n) is 4.94. The van der Waals surface area contributed by atoms with Crippen LogP contribution in [0, 0.1) is 0 Å². The summed E-state index contributed by atoms with van der Waals surface area (Å²) in [5, 5.41) is 4.47. The number of nitrogens with one attached hydrogen (secondary N) is 1. The van der Waals surface area contributed by atoms with Gasteiger partial charge in [0.25, 0.3) is 0 Å². The lowest BCUT2D eigenvalue weighted by Crippen LogP contribution is -2.13. The highest BCUT2D eigenvalue weighted by Gasteiger charge is 2.18. The lowest BCUT2D eigenvalue weighted by molar-refractivity contribution is 0.633. The number of benzene rings is 1. The Labute approximate surface area is 110 Å². The Hall–Kier alpha value is -0.530. The van der Waals surface area contributed by atoms with Crippen LogP contribution in [0.1, 0.15) is 62.6 Å². The molecule has 1 N–H and O–H groups in total. The van der Waals surface area contributed by atoms with Gasteiger partial charge < -0.3 is 5.32 Å². The Kier molecular flexibility index (Phi) is 4.47. The van der Waals surface area contributed by atoms with Crippen molar-refractivity contribution in [1.29, 1.82) is 0 Å². The third kappa shape index (κ3) is 2.83. The van der Waals surface area contributed by atoms with Gasteiger partial charge in [-0.2, -0.15) is 0 Å². The number of rotatable bonds is 4. The molecule has 0 aliphatic carbocycles. The van der Waals surface area contributed by atoms with Crippen molar-refractivity contribution < 1.29 is 0 Å². The molecule has 17 heavy (non-hydrogen) atoms. The van der Waals surface area contributed by atoms with E-state index in [-0.39, 0.29) is 0 Å². The van der Waals surface area contributed by atoms with Gasteiger partial charge in [-0.25, -0.2) is 0 Å². The standard InChI is InChI=1S/C15H22ClN/c1-3-11(4-2)13-8-7-12(10-14(13)16)15-6-5-9-17-15/h7-8,10-11,15,17H,3-6,9H2,1-2H3. The van der Waals surface area contributed by atoms with E-state index in [0.29, 0.717) is 12.0 Å². The molecular formula is C15H22ClN. The van der Waals surface area contributed by atoms with Gasteiger partial charge >= 0.3 is 0 Å². The summed E-state index contributed by atoms with van der Waals surface area (Å²) >= 11 is 6.43. The van der Waals surface area contributed by atoms with E-state index in [9.17, 15) is 0 Å². The first-order chi connectivity index (χ1) is 8.26. The number of hydrogen-bond acceptors (Lipinski definition) is 1. The van der Waals surface area contributed by atoms with Gasteiger partial charge in [-0.1, -0.05) is 37.6 Å². The third-order valence-electron chi connectivity index (χ3n) is 3.91. The number of hydrogen-bond donors (Lipinski definition) is 1. The average Bonchev–Trinajstić information content (AvgIpc) is 2.86. The minimum atomic E-state index is 0.517. The Morgan fingerprint density at radius 2 is 2.12 bits per heavy atom. The molecule has 0 amide bonds. The van der Waals surface area contributed by atoms with Crippen molar-refractivity contribution >= 4 is 11.6 Å². The fourth-order valence-corrected chi connectivity index (χ4v) is 3.13. The molecule has 0 spiro atoms. The van der Waals surface area contributed by atoms with Crippen molar-refractivity contribution in [3.63, 3.8) is 0 Å². The summed E-state index contributed by atoms with van der Waals surface area (Å²) in [5.74, 6) is 0.605. The molecule has 1 aromatic rings. The zero-order valence-corrected chi connectivity index (χ0v) is 11.6. The van der Waals surface area contributed by atoms with Gasteiger partial charge in [-0.05, 0) is 55.3 Å². The molecule has 1 nitrogen and oxygen atoms in total. The molecule has 0 saturated carbocycles. The summed E-state index contributed by atoms with van der Waals surface area (Å²) in [6, 6.07) is 7.17. The zero-order chi connectivity index (χ0) is 12.3. The fourth-order valence-electron chi connectivity index (χ4n) is 2.79. The second-order valence-corrected chi connectivity index (χ2v) is 5.35. The maximum absolute atomic E-state index is 6.43. The van der Waals surface area contributed by atoms with Crippen LogP contribution in [0.2, 0.25) is 5.02 Å². The Morgan fingerprint density at radius 3 is 2.65 bits per heavy atom. The monoisotopic (exact) mass is 251 g/mol. The average molecular weight is 252 g/mol. The molecule has 0 radical (unpaired) electrons. The van der Waals surface area contributed by atoms with E-state index in [4.69, 9.17) is 11.6 Å². The normalized spacial score (nSPS) is 20.1. The van der Waals surface area contributed by atoms with E-state index in [0.717, 1.165) is 24.4 Å². The summed E-state index contributed by atoms with van der Waals surface area (Å²) in [4.78, 5) is 0. The quantitative estimate of drug-likeness (QED) is 0.820. The van der Waals surface area contributed by atoms with Gasteiger partial charge in [-0.3, -0.25) is 0 Å². The van der Waals surface area contributed by atoms with Crippen molar-refractivity contribution in [3.05, 3.63) is 34.3 Å². The molecule has 1 aliphatic heterocycles. The minimum absolute atomic E-state index is 0.517. The van der Waals surface area contributed by atoms with Gasteiger partial charge in [0.05, 0.1) is 0 Å². The molecule has 1 aliphatic rings. The Balaban J connectivity index is 2.21. The molecule has 0 aromatic heterocycles. The molecule has 1 heterocycles. The highest BCUT2D eigenvalue weighted by atomic mass is 35.5. The van der Waals surface area contributed by atoms with Crippen LogP contribution in [0.25, 0.3) is 0 Å². The van der Waals surface area contributed by atoms with E-state index in [1.165, 1.54) is 24.0 Å². The summed E-state index contributed by atoms with van der Waals surface area (Å²) in [6.07, 6.45) is 4.84. The SMILES string of the molecule is CCC(CC)c1ccc(C2CCCN2)cc1Cl. The first-order valence-electron chi connectivity index (χ1n) is 6.79. The molecule has 0 bridgehead atoms. The highest BCUT2D eigenvalue weighted by Crippen LogP contribution is 2.33. The van der Waals surface area contributed by atoms with Crippen LogP contribution in [-0.4, -0.2) is 6.54 Å². The van der Waals surface area contributed by atoms with E-state index >= 15 is 0 Å². The maximum atomic E-state index is 6.43. The fraction of sp³-hybridized carbons (Fsp3) is 0.600. The molecule has 94 valence electrons. The van der Waals surface area contributed by atoms with Crippen molar-refractivity contribution in [3.8, 4) is 0 Å². The van der Waals surface area contributed by atoms with E-state index in [1.54, 1.807) is 0 Å². The predicted octanol–water partition coefficient (Wildman–Crippen LogP) is 4.67. The van der Waals surface area contributed by atoms with Gasteiger partial charge in [0.1, 0.15) is 0 Å². The van der Waals surface area contributed by atoms with Gasteiger partial charge in [-0.15, -0.1) is 0 Å². The highest BCUT2D eigenvalue weighted by molar-refractivity contribution is 6.31. The van der Waals surface area contributed by atoms with Crippen LogP contribution in [0.15, 0.2) is 18.2 Å². The van der Waals surface area contributed by atoms with Gasteiger partial charge in [0.2, 0.25) is 0 Å². The van der Waals surface area contributed by atoms with Crippen LogP contribution in [0.4, 0.5) is 0 Å². The first kappa shape index (κ1) is 12.9. The van der Waals surface area contributed by atoms with E-state index in [2.05, 4.69) is 37.4 Å². The molecule has 1 saturated heterocycles. The third-order valence-corrected chi connectivity index (χ3v) is 4.24. The molecule has 1 aromatic carbocycles. The Bertz CT molecular complexity index is 365. The molecule has 2 heteroatoms. The summed E-state index contributed by atoms with van der Waals surface area (Å²) in [7, 11) is 0. The Morgan fingerprint density at radius 1 is 1.35 bits per heavy atom. The smallest absolute Gasteiger partial charge is 0.0444 e. The largest absolute Gasteiger partial charge is 0.310 e. The van der Waals surface area contributed by atoms with Crippen molar-refractivity contribution in [2.24, 2.45) is 0 Å². The van der Waals surface area contributed by atoms with Crippen molar-refractivity contribution in [1.82, 2.24) is 5.32 Å². The lowest BCUT2D eigenvalue weighted by Gasteiger charge is -2.17.